The summed E-state index contributed by atoms with van der Waals surface area (Å²) in [5, 5.41) is 10.3. The van der Waals surface area contributed by atoms with Crippen molar-refractivity contribution in [3.63, 3.8) is 0 Å². The van der Waals surface area contributed by atoms with E-state index in [0.717, 1.165) is 12.1 Å². The van der Waals surface area contributed by atoms with Crippen LogP contribution in [-0.2, 0) is 12.6 Å². The Balaban J connectivity index is 2.02. The molecule has 3 aromatic rings. The van der Waals surface area contributed by atoms with E-state index in [4.69, 9.17) is 10.2 Å². The molecule has 1 heterocycles. The van der Waals surface area contributed by atoms with Crippen molar-refractivity contribution in [1.29, 1.82) is 0 Å². The maximum atomic E-state index is 13.7. The summed E-state index contributed by atoms with van der Waals surface area (Å²) < 4.78 is 57.6. The molecule has 0 aliphatic rings. The number of alkyl halides is 3. The fourth-order valence-corrected chi connectivity index (χ4v) is 2.55. The van der Waals surface area contributed by atoms with Crippen molar-refractivity contribution >= 4 is 5.88 Å². The molecule has 0 bridgehead atoms. The Morgan fingerprint density at radius 1 is 1.04 bits per heavy atom. The van der Waals surface area contributed by atoms with Crippen LogP contribution in [0.1, 0.15) is 16.9 Å². The number of nitrogens with two attached hydrogens (primary N) is 1. The number of anilines is 1. The fourth-order valence-electron chi connectivity index (χ4n) is 2.55. The zero-order chi connectivity index (χ0) is 18.2. The average Bonchev–Trinajstić information content (AvgIpc) is 2.83. The van der Waals surface area contributed by atoms with Crippen LogP contribution in [0, 0.1) is 5.82 Å². The molecule has 0 fully saturated rings. The van der Waals surface area contributed by atoms with E-state index in [1.54, 1.807) is 6.07 Å². The largest absolute Gasteiger partial charge is 0.504 e. The predicted octanol–water partition coefficient (Wildman–Crippen LogP) is 4.98. The van der Waals surface area contributed by atoms with E-state index in [-0.39, 0.29) is 34.8 Å². The van der Waals surface area contributed by atoms with Crippen LogP contribution >= 0.6 is 0 Å². The second kappa shape index (κ2) is 6.16. The van der Waals surface area contributed by atoms with Gasteiger partial charge in [-0.25, -0.2) is 4.39 Å². The normalized spacial score (nSPS) is 11.7. The fraction of sp³-hybridized carbons (Fsp3) is 0.111. The molecule has 2 aromatic carbocycles. The zero-order valence-electron chi connectivity index (χ0n) is 12.8. The molecule has 3 N–H and O–H groups in total. The van der Waals surface area contributed by atoms with Crippen LogP contribution < -0.4 is 5.73 Å². The summed E-state index contributed by atoms with van der Waals surface area (Å²) in [6, 6.07) is 10.3. The summed E-state index contributed by atoms with van der Waals surface area (Å²) in [5.74, 6) is -1.14. The van der Waals surface area contributed by atoms with E-state index < -0.39 is 23.3 Å². The first-order chi connectivity index (χ1) is 11.8. The summed E-state index contributed by atoms with van der Waals surface area (Å²) in [5.41, 5.74) is 5.13. The van der Waals surface area contributed by atoms with Crippen molar-refractivity contribution in [3.8, 4) is 16.9 Å². The molecule has 0 saturated heterocycles. The Labute approximate surface area is 140 Å². The lowest BCUT2D eigenvalue weighted by atomic mass is 10.0. The first-order valence-electron chi connectivity index (χ1n) is 7.28. The highest BCUT2D eigenvalue weighted by molar-refractivity contribution is 5.80. The molecule has 0 radical (unpaired) electrons. The Bertz CT molecular complexity index is 916. The summed E-state index contributed by atoms with van der Waals surface area (Å²) in [7, 11) is 0. The monoisotopic (exact) mass is 351 g/mol. The molecule has 1 aromatic heterocycles. The van der Waals surface area contributed by atoms with E-state index in [0.29, 0.717) is 0 Å². The van der Waals surface area contributed by atoms with E-state index in [1.807, 2.05) is 0 Å². The lowest BCUT2D eigenvalue weighted by Gasteiger charge is -2.08. The first-order valence-corrected chi connectivity index (χ1v) is 7.28. The van der Waals surface area contributed by atoms with Gasteiger partial charge in [-0.15, -0.1) is 0 Å². The molecule has 0 atom stereocenters. The van der Waals surface area contributed by atoms with Crippen molar-refractivity contribution in [2.75, 3.05) is 5.73 Å². The van der Waals surface area contributed by atoms with Crippen molar-refractivity contribution in [3.05, 3.63) is 71.2 Å². The van der Waals surface area contributed by atoms with Gasteiger partial charge >= 0.3 is 6.18 Å². The number of hydrogen-bond acceptors (Lipinski definition) is 3. The first kappa shape index (κ1) is 16.9. The molecule has 0 amide bonds. The van der Waals surface area contributed by atoms with Gasteiger partial charge in [0.05, 0.1) is 11.1 Å². The Morgan fingerprint density at radius 3 is 2.44 bits per heavy atom. The van der Waals surface area contributed by atoms with Gasteiger partial charge in [0, 0.05) is 6.42 Å². The Kier molecular flexibility index (Phi) is 4.16. The van der Waals surface area contributed by atoms with Gasteiger partial charge in [-0.1, -0.05) is 30.3 Å². The van der Waals surface area contributed by atoms with Gasteiger partial charge in [-0.3, -0.25) is 0 Å². The molecule has 0 spiro atoms. The second-order valence-electron chi connectivity index (χ2n) is 5.46. The Hall–Kier alpha value is -2.96. The Morgan fingerprint density at radius 2 is 1.76 bits per heavy atom. The molecular weight excluding hydrogens is 338 g/mol. The quantitative estimate of drug-likeness (QED) is 0.654. The van der Waals surface area contributed by atoms with Gasteiger partial charge in [0.2, 0.25) is 5.88 Å². The molecule has 7 heteroatoms. The van der Waals surface area contributed by atoms with Gasteiger partial charge in [0.15, 0.2) is 11.5 Å². The van der Waals surface area contributed by atoms with Crippen LogP contribution in [0.4, 0.5) is 23.4 Å². The minimum atomic E-state index is -4.53. The summed E-state index contributed by atoms with van der Waals surface area (Å²) in [6.45, 7) is 0. The molecule has 130 valence electrons. The van der Waals surface area contributed by atoms with Crippen LogP contribution in [0.15, 0.2) is 52.9 Å². The highest BCUT2D eigenvalue weighted by atomic mass is 19.4. The van der Waals surface area contributed by atoms with Crippen LogP contribution in [0.3, 0.4) is 0 Å². The standard InChI is InChI=1S/C18H13F4NO2/c19-13-7-2-1-4-10(13)9-14-16(24)15(17(23)25-14)11-5-3-6-12(8-11)18(20,21)22/h1-8,24H,9,23H2. The number of benzene rings is 2. The zero-order valence-corrected chi connectivity index (χ0v) is 12.8. The van der Waals surface area contributed by atoms with Crippen molar-refractivity contribution < 1.29 is 27.1 Å². The van der Waals surface area contributed by atoms with Gasteiger partial charge < -0.3 is 15.3 Å². The third-order valence-corrected chi connectivity index (χ3v) is 3.77. The smallest absolute Gasteiger partial charge is 0.416 e. The maximum Gasteiger partial charge on any atom is 0.416 e. The number of furan rings is 1. The van der Waals surface area contributed by atoms with Gasteiger partial charge in [-0.2, -0.15) is 13.2 Å². The number of halogens is 4. The van der Waals surface area contributed by atoms with Crippen LogP contribution in [-0.4, -0.2) is 5.11 Å². The number of nitrogen functional groups attached to an aromatic ring is 1. The summed E-state index contributed by atoms with van der Waals surface area (Å²) in [4.78, 5) is 0. The summed E-state index contributed by atoms with van der Waals surface area (Å²) in [6.07, 6.45) is -4.61. The van der Waals surface area contributed by atoms with Crippen molar-refractivity contribution in [2.45, 2.75) is 12.6 Å². The van der Waals surface area contributed by atoms with Crippen molar-refractivity contribution in [2.24, 2.45) is 0 Å². The SMILES string of the molecule is Nc1oc(Cc2ccccc2F)c(O)c1-c1cccc(C(F)(F)F)c1. The maximum absolute atomic E-state index is 13.7. The topological polar surface area (TPSA) is 59.4 Å². The lowest BCUT2D eigenvalue weighted by Crippen LogP contribution is -2.04. The highest BCUT2D eigenvalue weighted by Gasteiger charge is 2.31. The molecule has 0 aliphatic carbocycles. The average molecular weight is 351 g/mol. The van der Waals surface area contributed by atoms with E-state index >= 15 is 0 Å². The van der Waals surface area contributed by atoms with E-state index in [1.165, 1.54) is 30.3 Å². The molecule has 0 aliphatic heterocycles. The molecule has 0 saturated carbocycles. The number of rotatable bonds is 3. The van der Waals surface area contributed by atoms with Gasteiger partial charge in [-0.05, 0) is 29.3 Å². The van der Waals surface area contributed by atoms with Gasteiger partial charge in [0.25, 0.3) is 0 Å². The third kappa shape index (κ3) is 3.31. The van der Waals surface area contributed by atoms with Crippen molar-refractivity contribution in [1.82, 2.24) is 0 Å². The van der Waals surface area contributed by atoms with Gasteiger partial charge in [0.1, 0.15) is 5.82 Å². The van der Waals surface area contributed by atoms with Crippen LogP contribution in [0.5, 0.6) is 5.75 Å². The molecule has 25 heavy (non-hydrogen) atoms. The van der Waals surface area contributed by atoms with Crippen LogP contribution in [0.2, 0.25) is 0 Å². The van der Waals surface area contributed by atoms with E-state index in [2.05, 4.69) is 0 Å². The minimum absolute atomic E-state index is 0.0185. The second-order valence-corrected chi connectivity index (χ2v) is 5.46. The predicted molar refractivity (Wildman–Crippen MR) is 84.4 cm³/mol. The minimum Gasteiger partial charge on any atom is -0.504 e. The number of hydrogen-bond donors (Lipinski definition) is 2. The van der Waals surface area contributed by atoms with Crippen LogP contribution in [0.25, 0.3) is 11.1 Å². The number of aromatic hydroxyl groups is 1. The third-order valence-electron chi connectivity index (χ3n) is 3.77. The molecule has 0 unspecified atom stereocenters. The molecular formula is C18H13F4NO2. The molecule has 3 nitrogen and oxygen atoms in total. The molecule has 3 rings (SSSR count). The highest BCUT2D eigenvalue weighted by Crippen LogP contribution is 2.42. The van der Waals surface area contributed by atoms with E-state index in [9.17, 15) is 22.7 Å². The summed E-state index contributed by atoms with van der Waals surface area (Å²) >= 11 is 0. The lowest BCUT2D eigenvalue weighted by molar-refractivity contribution is -0.137.